The molecule has 1 atom stereocenters. The summed E-state index contributed by atoms with van der Waals surface area (Å²) in [5.74, 6) is 0.448. The Hall–Kier alpha value is -4.49. The van der Waals surface area contributed by atoms with Gasteiger partial charge in [-0.3, -0.25) is 9.36 Å². The van der Waals surface area contributed by atoms with Gasteiger partial charge in [-0.25, -0.2) is 4.98 Å². The van der Waals surface area contributed by atoms with E-state index in [1.54, 1.807) is 22.9 Å². The molecule has 1 saturated heterocycles. The van der Waals surface area contributed by atoms with E-state index >= 15 is 0 Å². The summed E-state index contributed by atoms with van der Waals surface area (Å²) in [6, 6.07) is 29.7. The molecule has 0 amide bonds. The molecule has 2 aromatic heterocycles. The molecule has 190 valence electrons. The van der Waals surface area contributed by atoms with Gasteiger partial charge in [0.05, 0.1) is 6.04 Å². The number of benzene rings is 3. The first-order chi connectivity index (χ1) is 18.7. The highest BCUT2D eigenvalue weighted by molar-refractivity contribution is 5.76. The Kier molecular flexibility index (Phi) is 6.58. The van der Waals surface area contributed by atoms with Crippen molar-refractivity contribution in [1.82, 2.24) is 19.9 Å². The molecule has 6 rings (SSSR count). The maximum Gasteiger partial charge on any atom is 0.253 e. The second-order valence-electron chi connectivity index (χ2n) is 9.59. The Morgan fingerprint density at radius 2 is 1.61 bits per heavy atom. The standard InChI is InChI=1S/C31H30N6O/c1-22-7-5-6-10-27(22)29(23-8-3-2-4-9-23)37-28(38)16-11-24-21-33-31(35-30(24)37)34-25-12-14-26(15-13-25)36-19-17-32-18-20-36/h2-16,21,29,32H,17-20H2,1H3,(H,33,34,35). The maximum atomic E-state index is 13.5. The molecule has 2 N–H and O–H groups in total. The fourth-order valence-electron chi connectivity index (χ4n) is 5.15. The molecule has 0 bridgehead atoms. The van der Waals surface area contributed by atoms with E-state index in [0.29, 0.717) is 11.6 Å². The van der Waals surface area contributed by atoms with Crippen molar-refractivity contribution >= 4 is 28.4 Å². The Morgan fingerprint density at radius 1 is 0.868 bits per heavy atom. The van der Waals surface area contributed by atoms with E-state index in [2.05, 4.69) is 63.8 Å². The largest absolute Gasteiger partial charge is 0.369 e. The third-order valence-corrected chi connectivity index (χ3v) is 7.13. The van der Waals surface area contributed by atoms with Gasteiger partial charge in [-0.1, -0.05) is 54.6 Å². The van der Waals surface area contributed by atoms with Crippen LogP contribution in [0.3, 0.4) is 0 Å². The molecule has 0 spiro atoms. The first kappa shape index (κ1) is 23.9. The van der Waals surface area contributed by atoms with Crippen LogP contribution >= 0.6 is 0 Å². The van der Waals surface area contributed by atoms with Crippen LogP contribution in [0.15, 0.2) is 102 Å². The van der Waals surface area contributed by atoms with Gasteiger partial charge in [-0.15, -0.1) is 0 Å². The van der Waals surface area contributed by atoms with Gasteiger partial charge >= 0.3 is 0 Å². The van der Waals surface area contributed by atoms with E-state index in [0.717, 1.165) is 53.9 Å². The van der Waals surface area contributed by atoms with Crippen molar-refractivity contribution in [2.24, 2.45) is 0 Å². The van der Waals surface area contributed by atoms with Crippen LogP contribution in [0.4, 0.5) is 17.3 Å². The van der Waals surface area contributed by atoms with Gasteiger partial charge < -0.3 is 15.5 Å². The third kappa shape index (κ3) is 4.76. The lowest BCUT2D eigenvalue weighted by Gasteiger charge is -2.29. The SMILES string of the molecule is Cc1ccccc1C(c1ccccc1)n1c(=O)ccc2cnc(Nc3ccc(N4CCNCC4)cc3)nc21. The van der Waals surface area contributed by atoms with Crippen molar-refractivity contribution in [3.8, 4) is 0 Å². The minimum atomic E-state index is -0.324. The Morgan fingerprint density at radius 3 is 2.37 bits per heavy atom. The predicted molar refractivity (Wildman–Crippen MR) is 153 cm³/mol. The highest BCUT2D eigenvalue weighted by Gasteiger charge is 2.22. The van der Waals surface area contributed by atoms with Crippen molar-refractivity contribution < 1.29 is 0 Å². The minimum absolute atomic E-state index is 0.111. The van der Waals surface area contributed by atoms with Gasteiger partial charge in [0.25, 0.3) is 5.56 Å². The zero-order valence-corrected chi connectivity index (χ0v) is 21.3. The fraction of sp³-hybridized carbons (Fsp3) is 0.194. The number of anilines is 3. The number of nitrogens with one attached hydrogen (secondary N) is 2. The van der Waals surface area contributed by atoms with E-state index in [1.807, 2.05) is 42.5 Å². The Labute approximate surface area is 221 Å². The topological polar surface area (TPSA) is 75.1 Å². The highest BCUT2D eigenvalue weighted by atomic mass is 16.1. The van der Waals surface area contributed by atoms with Crippen LogP contribution in [0.1, 0.15) is 22.7 Å². The molecule has 1 aliphatic heterocycles. The van der Waals surface area contributed by atoms with Crippen LogP contribution in [0.25, 0.3) is 11.0 Å². The number of nitrogens with zero attached hydrogens (tertiary/aromatic N) is 4. The second kappa shape index (κ2) is 10.5. The van der Waals surface area contributed by atoms with Crippen molar-refractivity contribution in [2.75, 3.05) is 36.4 Å². The zero-order chi connectivity index (χ0) is 25.9. The van der Waals surface area contributed by atoms with Crippen LogP contribution < -0.4 is 21.1 Å². The molecule has 1 unspecified atom stereocenters. The van der Waals surface area contributed by atoms with Crippen molar-refractivity contribution in [2.45, 2.75) is 13.0 Å². The number of fused-ring (bicyclic) bond motifs is 1. The number of pyridine rings is 1. The summed E-state index contributed by atoms with van der Waals surface area (Å²) in [4.78, 5) is 25.3. The van der Waals surface area contributed by atoms with Crippen LogP contribution in [0.2, 0.25) is 0 Å². The first-order valence-electron chi connectivity index (χ1n) is 13.0. The van der Waals surface area contributed by atoms with Crippen LogP contribution in [0.5, 0.6) is 0 Å². The normalized spacial score (nSPS) is 14.4. The van der Waals surface area contributed by atoms with Gasteiger partial charge in [0.15, 0.2) is 0 Å². The van der Waals surface area contributed by atoms with Crippen LogP contribution in [-0.4, -0.2) is 40.7 Å². The van der Waals surface area contributed by atoms with E-state index < -0.39 is 0 Å². The average molecular weight is 503 g/mol. The average Bonchev–Trinajstić information content (AvgIpc) is 2.97. The number of hydrogen-bond acceptors (Lipinski definition) is 6. The van der Waals surface area contributed by atoms with Crippen LogP contribution in [-0.2, 0) is 0 Å². The molecular weight excluding hydrogens is 472 g/mol. The van der Waals surface area contributed by atoms with Gasteiger partial charge in [0.2, 0.25) is 5.95 Å². The summed E-state index contributed by atoms with van der Waals surface area (Å²) < 4.78 is 1.79. The van der Waals surface area contributed by atoms with E-state index in [-0.39, 0.29) is 11.6 Å². The summed E-state index contributed by atoms with van der Waals surface area (Å²) in [6.45, 7) is 6.08. The third-order valence-electron chi connectivity index (χ3n) is 7.13. The monoisotopic (exact) mass is 502 g/mol. The van der Waals surface area contributed by atoms with Crippen molar-refractivity contribution in [1.29, 1.82) is 0 Å². The molecule has 0 aliphatic carbocycles. The number of rotatable bonds is 6. The Balaban J connectivity index is 1.41. The molecule has 1 aliphatic rings. The first-order valence-corrected chi connectivity index (χ1v) is 13.0. The molecule has 7 nitrogen and oxygen atoms in total. The molecule has 1 fully saturated rings. The summed E-state index contributed by atoms with van der Waals surface area (Å²) in [6.07, 6.45) is 1.77. The lowest BCUT2D eigenvalue weighted by atomic mass is 9.94. The molecule has 3 aromatic carbocycles. The summed E-state index contributed by atoms with van der Waals surface area (Å²) in [7, 11) is 0. The minimum Gasteiger partial charge on any atom is -0.369 e. The summed E-state index contributed by atoms with van der Waals surface area (Å²) in [5, 5.41) is 7.53. The van der Waals surface area contributed by atoms with Gasteiger partial charge in [0, 0.05) is 55.2 Å². The molecule has 38 heavy (non-hydrogen) atoms. The lowest BCUT2D eigenvalue weighted by molar-refractivity contribution is 0.589. The van der Waals surface area contributed by atoms with E-state index in [1.165, 1.54) is 5.69 Å². The van der Waals surface area contributed by atoms with Crippen molar-refractivity contribution in [3.63, 3.8) is 0 Å². The molecule has 3 heterocycles. The number of hydrogen-bond donors (Lipinski definition) is 2. The number of aromatic nitrogens is 3. The Bertz CT molecular complexity index is 1610. The molecule has 7 heteroatoms. The van der Waals surface area contributed by atoms with Gasteiger partial charge in [-0.05, 0) is 53.9 Å². The van der Waals surface area contributed by atoms with Gasteiger partial charge in [-0.2, -0.15) is 4.98 Å². The maximum absolute atomic E-state index is 13.5. The quantitative estimate of drug-likeness (QED) is 0.344. The number of piperazine rings is 1. The van der Waals surface area contributed by atoms with Gasteiger partial charge in [0.1, 0.15) is 5.65 Å². The molecule has 0 radical (unpaired) electrons. The second-order valence-corrected chi connectivity index (χ2v) is 9.59. The van der Waals surface area contributed by atoms with E-state index in [9.17, 15) is 4.79 Å². The predicted octanol–water partition coefficient (Wildman–Crippen LogP) is 4.89. The molecular formula is C31H30N6O. The smallest absolute Gasteiger partial charge is 0.253 e. The van der Waals surface area contributed by atoms with E-state index in [4.69, 9.17) is 4.98 Å². The summed E-state index contributed by atoms with van der Waals surface area (Å²) >= 11 is 0. The lowest BCUT2D eigenvalue weighted by Crippen LogP contribution is -2.43. The molecule has 0 saturated carbocycles. The fourth-order valence-corrected chi connectivity index (χ4v) is 5.15. The highest BCUT2D eigenvalue weighted by Crippen LogP contribution is 2.30. The number of aryl methyl sites for hydroxylation is 1. The van der Waals surface area contributed by atoms with Crippen molar-refractivity contribution in [3.05, 3.63) is 124 Å². The summed E-state index contributed by atoms with van der Waals surface area (Å²) in [5.41, 5.74) is 5.77. The zero-order valence-electron chi connectivity index (χ0n) is 21.3. The molecule has 5 aromatic rings. The van der Waals surface area contributed by atoms with Crippen LogP contribution in [0, 0.1) is 6.92 Å².